The Kier molecular flexibility index (Phi) is 5.04. The standard InChI is InChI=1S/C20H24N2O2S/c1-20(2,3)19-21-13-16(25-19)18(24)22-11-9-15(10-12-22)17(23)14-7-5-4-6-8-14/h4-8,13,15H,9-12H2,1-3H3. The molecule has 1 aliphatic heterocycles. The van der Waals surface area contributed by atoms with Crippen LogP contribution in [0.4, 0.5) is 0 Å². The molecule has 1 aromatic heterocycles. The molecule has 0 N–H and O–H groups in total. The van der Waals surface area contributed by atoms with Crippen LogP contribution >= 0.6 is 11.3 Å². The third-order valence-corrected chi connectivity index (χ3v) is 5.98. The van der Waals surface area contributed by atoms with Crippen LogP contribution in [-0.4, -0.2) is 34.7 Å². The number of ketones is 1. The Bertz CT molecular complexity index is 754. The molecule has 132 valence electrons. The summed E-state index contributed by atoms with van der Waals surface area (Å²) in [5.74, 6) is 0.247. The fourth-order valence-corrected chi connectivity index (χ4v) is 4.00. The average Bonchev–Trinajstić information content (AvgIpc) is 3.12. The predicted molar refractivity (Wildman–Crippen MR) is 100 cm³/mol. The molecule has 2 aromatic rings. The normalized spacial score (nSPS) is 16.0. The van der Waals surface area contributed by atoms with Gasteiger partial charge >= 0.3 is 0 Å². The minimum atomic E-state index is -0.0434. The number of likely N-dealkylation sites (tertiary alicyclic amines) is 1. The average molecular weight is 356 g/mol. The van der Waals surface area contributed by atoms with E-state index in [-0.39, 0.29) is 23.0 Å². The van der Waals surface area contributed by atoms with Crippen LogP contribution in [-0.2, 0) is 5.41 Å². The second-order valence-electron chi connectivity index (χ2n) is 7.58. The topological polar surface area (TPSA) is 50.3 Å². The Hall–Kier alpha value is -2.01. The third-order valence-electron chi connectivity index (χ3n) is 4.57. The molecule has 1 aliphatic rings. The zero-order chi connectivity index (χ0) is 18.0. The van der Waals surface area contributed by atoms with Gasteiger partial charge in [-0.05, 0) is 12.8 Å². The molecule has 1 fully saturated rings. The summed E-state index contributed by atoms with van der Waals surface area (Å²) in [5, 5.41) is 0.977. The second-order valence-corrected chi connectivity index (χ2v) is 8.61. The number of carbonyl (C=O) groups is 2. The highest BCUT2D eigenvalue weighted by atomic mass is 32.1. The number of piperidine rings is 1. The van der Waals surface area contributed by atoms with Crippen LogP contribution in [0.5, 0.6) is 0 Å². The van der Waals surface area contributed by atoms with Crippen molar-refractivity contribution in [1.29, 1.82) is 0 Å². The van der Waals surface area contributed by atoms with E-state index in [1.54, 1.807) is 6.20 Å². The molecule has 1 aromatic carbocycles. The molecule has 25 heavy (non-hydrogen) atoms. The summed E-state index contributed by atoms with van der Waals surface area (Å²) >= 11 is 1.48. The number of aromatic nitrogens is 1. The van der Waals surface area contributed by atoms with Gasteiger partial charge in [0.15, 0.2) is 5.78 Å². The second kappa shape index (κ2) is 7.08. The van der Waals surface area contributed by atoms with Gasteiger partial charge in [-0.15, -0.1) is 11.3 Å². The first-order valence-corrected chi connectivity index (χ1v) is 9.53. The van der Waals surface area contributed by atoms with Crippen molar-refractivity contribution in [1.82, 2.24) is 9.88 Å². The molecule has 0 aliphatic carbocycles. The lowest BCUT2D eigenvalue weighted by atomic mass is 9.89. The van der Waals surface area contributed by atoms with E-state index in [0.29, 0.717) is 18.0 Å². The molecular weight excluding hydrogens is 332 g/mol. The first-order valence-electron chi connectivity index (χ1n) is 8.71. The van der Waals surface area contributed by atoms with Gasteiger partial charge in [0, 0.05) is 30.0 Å². The molecule has 0 bridgehead atoms. The van der Waals surface area contributed by atoms with Crippen LogP contribution in [0.3, 0.4) is 0 Å². The van der Waals surface area contributed by atoms with Crippen molar-refractivity contribution in [2.24, 2.45) is 5.92 Å². The molecule has 3 rings (SSSR count). The first-order chi connectivity index (χ1) is 11.9. The molecule has 0 unspecified atom stereocenters. The molecular formula is C20H24N2O2S. The predicted octanol–water partition coefficient (Wildman–Crippen LogP) is 4.18. The summed E-state index contributed by atoms with van der Waals surface area (Å²) in [6, 6.07) is 9.43. The zero-order valence-corrected chi connectivity index (χ0v) is 15.8. The van der Waals surface area contributed by atoms with Crippen molar-refractivity contribution >= 4 is 23.0 Å². The summed E-state index contributed by atoms with van der Waals surface area (Å²) in [4.78, 5) is 32.2. The lowest BCUT2D eigenvalue weighted by molar-refractivity contribution is 0.0654. The maximum absolute atomic E-state index is 12.7. The fourth-order valence-electron chi connectivity index (χ4n) is 3.06. The van der Waals surface area contributed by atoms with Crippen molar-refractivity contribution in [3.8, 4) is 0 Å². The van der Waals surface area contributed by atoms with Gasteiger partial charge in [0.1, 0.15) is 4.88 Å². The fraction of sp³-hybridized carbons (Fsp3) is 0.450. The molecule has 0 spiro atoms. The molecule has 1 saturated heterocycles. The van der Waals surface area contributed by atoms with Crippen molar-refractivity contribution in [2.45, 2.75) is 39.0 Å². The quantitative estimate of drug-likeness (QED) is 0.775. The largest absolute Gasteiger partial charge is 0.338 e. The first kappa shape index (κ1) is 17.8. The lowest BCUT2D eigenvalue weighted by Crippen LogP contribution is -2.40. The van der Waals surface area contributed by atoms with E-state index in [4.69, 9.17) is 0 Å². The molecule has 5 heteroatoms. The highest BCUT2D eigenvalue weighted by molar-refractivity contribution is 7.13. The molecule has 0 atom stereocenters. The molecule has 4 nitrogen and oxygen atoms in total. The number of benzene rings is 1. The monoisotopic (exact) mass is 356 g/mol. The smallest absolute Gasteiger partial charge is 0.265 e. The maximum atomic E-state index is 12.7. The van der Waals surface area contributed by atoms with Crippen molar-refractivity contribution in [3.63, 3.8) is 0 Å². The van der Waals surface area contributed by atoms with Crippen LogP contribution < -0.4 is 0 Å². The molecule has 0 saturated carbocycles. The minimum absolute atomic E-state index is 0.0121. The Labute approximate surface area is 152 Å². The van der Waals surface area contributed by atoms with E-state index in [2.05, 4.69) is 25.8 Å². The third kappa shape index (κ3) is 3.98. The van der Waals surface area contributed by atoms with Crippen LogP contribution in [0.15, 0.2) is 36.5 Å². The van der Waals surface area contributed by atoms with Gasteiger partial charge in [-0.25, -0.2) is 4.98 Å². The van der Waals surface area contributed by atoms with E-state index >= 15 is 0 Å². The maximum Gasteiger partial charge on any atom is 0.265 e. The van der Waals surface area contributed by atoms with Gasteiger partial charge in [-0.1, -0.05) is 51.1 Å². The van der Waals surface area contributed by atoms with Gasteiger partial charge in [-0.2, -0.15) is 0 Å². The number of rotatable bonds is 3. The van der Waals surface area contributed by atoms with Crippen molar-refractivity contribution in [3.05, 3.63) is 52.0 Å². The van der Waals surface area contributed by atoms with E-state index < -0.39 is 0 Å². The molecule has 2 heterocycles. The Morgan fingerprint density at radius 3 is 2.32 bits per heavy atom. The SMILES string of the molecule is CC(C)(C)c1ncc(C(=O)N2CCC(C(=O)c3ccccc3)CC2)s1. The van der Waals surface area contributed by atoms with E-state index in [1.807, 2.05) is 35.2 Å². The highest BCUT2D eigenvalue weighted by Gasteiger charge is 2.29. The molecule has 0 radical (unpaired) electrons. The Balaban J connectivity index is 1.61. The van der Waals surface area contributed by atoms with Crippen molar-refractivity contribution < 1.29 is 9.59 Å². The Morgan fingerprint density at radius 2 is 1.76 bits per heavy atom. The van der Waals surface area contributed by atoms with Crippen LogP contribution in [0, 0.1) is 5.92 Å². The van der Waals surface area contributed by atoms with E-state index in [9.17, 15) is 9.59 Å². The number of hydrogen-bond acceptors (Lipinski definition) is 4. The number of nitrogens with zero attached hydrogens (tertiary/aromatic N) is 2. The number of hydrogen-bond donors (Lipinski definition) is 0. The summed E-state index contributed by atoms with van der Waals surface area (Å²) in [6.45, 7) is 7.55. The van der Waals surface area contributed by atoms with Crippen LogP contribution in [0.2, 0.25) is 0 Å². The Morgan fingerprint density at radius 1 is 1.12 bits per heavy atom. The van der Waals surface area contributed by atoms with E-state index in [0.717, 1.165) is 23.4 Å². The van der Waals surface area contributed by atoms with E-state index in [1.165, 1.54) is 11.3 Å². The number of carbonyl (C=O) groups excluding carboxylic acids is 2. The van der Waals surface area contributed by atoms with Crippen molar-refractivity contribution in [2.75, 3.05) is 13.1 Å². The van der Waals surface area contributed by atoms with Gasteiger partial charge in [0.2, 0.25) is 0 Å². The summed E-state index contributed by atoms with van der Waals surface area (Å²) < 4.78 is 0. The van der Waals surface area contributed by atoms with Crippen LogP contribution in [0.25, 0.3) is 0 Å². The summed E-state index contributed by atoms with van der Waals surface area (Å²) in [5.41, 5.74) is 0.725. The lowest BCUT2D eigenvalue weighted by Gasteiger charge is -2.31. The van der Waals surface area contributed by atoms with Crippen LogP contribution in [0.1, 0.15) is 58.7 Å². The molecule has 1 amide bonds. The summed E-state index contributed by atoms with van der Waals surface area (Å²) in [6.07, 6.45) is 3.14. The van der Waals surface area contributed by atoms with Gasteiger partial charge in [0.25, 0.3) is 5.91 Å². The minimum Gasteiger partial charge on any atom is -0.338 e. The van der Waals surface area contributed by atoms with Gasteiger partial charge < -0.3 is 4.90 Å². The zero-order valence-electron chi connectivity index (χ0n) is 15.0. The highest BCUT2D eigenvalue weighted by Crippen LogP contribution is 2.29. The van der Waals surface area contributed by atoms with Gasteiger partial charge in [0.05, 0.1) is 11.2 Å². The van der Waals surface area contributed by atoms with Gasteiger partial charge in [-0.3, -0.25) is 9.59 Å². The summed E-state index contributed by atoms with van der Waals surface area (Å²) in [7, 11) is 0. The number of thiazole rings is 1. The number of Topliss-reactive ketones (excluding diaryl/α,β-unsaturated/α-hetero) is 1. The number of amides is 1.